The highest BCUT2D eigenvalue weighted by Crippen LogP contribution is 2.19. The second-order valence-electron chi connectivity index (χ2n) is 4.37. The number of carbonyl (C=O) groups is 1. The first kappa shape index (κ1) is 12.0. The number of morpholine rings is 1. The highest BCUT2D eigenvalue weighted by atomic mass is 16.6. The average Bonchev–Trinajstić information content (AvgIpc) is 2.94. The van der Waals surface area contributed by atoms with Gasteiger partial charge in [0.1, 0.15) is 11.5 Å². The number of methoxy groups -OCH3 is 1. The van der Waals surface area contributed by atoms with Gasteiger partial charge in [0.05, 0.1) is 20.3 Å². The van der Waals surface area contributed by atoms with Crippen LogP contribution in [-0.4, -0.2) is 48.3 Å². The summed E-state index contributed by atoms with van der Waals surface area (Å²) in [7, 11) is 1.38. The van der Waals surface area contributed by atoms with Crippen LogP contribution in [0.25, 0.3) is 5.65 Å². The SMILES string of the molecule is COC(=O)C1CN(c2cccc3nccn23)CCO1. The van der Waals surface area contributed by atoms with Crippen molar-refractivity contribution in [2.75, 3.05) is 31.7 Å². The molecule has 1 aliphatic rings. The second-order valence-corrected chi connectivity index (χ2v) is 4.37. The quantitative estimate of drug-likeness (QED) is 0.745. The van der Waals surface area contributed by atoms with Crippen molar-refractivity contribution in [1.29, 1.82) is 0 Å². The van der Waals surface area contributed by atoms with Crippen LogP contribution in [0.3, 0.4) is 0 Å². The molecule has 0 N–H and O–H groups in total. The molecule has 1 atom stereocenters. The van der Waals surface area contributed by atoms with Crippen molar-refractivity contribution in [1.82, 2.24) is 9.38 Å². The monoisotopic (exact) mass is 261 g/mol. The van der Waals surface area contributed by atoms with Crippen molar-refractivity contribution >= 4 is 17.4 Å². The molecular weight excluding hydrogens is 246 g/mol. The van der Waals surface area contributed by atoms with Crippen LogP contribution in [0.2, 0.25) is 0 Å². The molecule has 6 heteroatoms. The minimum Gasteiger partial charge on any atom is -0.467 e. The maximum Gasteiger partial charge on any atom is 0.336 e. The van der Waals surface area contributed by atoms with Gasteiger partial charge in [0.15, 0.2) is 6.10 Å². The molecule has 1 saturated heterocycles. The third-order valence-corrected chi connectivity index (χ3v) is 3.26. The molecule has 0 aliphatic carbocycles. The van der Waals surface area contributed by atoms with E-state index < -0.39 is 6.10 Å². The zero-order chi connectivity index (χ0) is 13.2. The third kappa shape index (κ3) is 2.15. The van der Waals surface area contributed by atoms with Crippen LogP contribution in [0.5, 0.6) is 0 Å². The zero-order valence-electron chi connectivity index (χ0n) is 10.7. The molecule has 2 aromatic rings. The van der Waals surface area contributed by atoms with E-state index in [1.165, 1.54) is 7.11 Å². The summed E-state index contributed by atoms with van der Waals surface area (Å²) >= 11 is 0. The molecule has 1 fully saturated rings. The van der Waals surface area contributed by atoms with Crippen LogP contribution in [-0.2, 0) is 14.3 Å². The first-order valence-corrected chi connectivity index (χ1v) is 6.16. The van der Waals surface area contributed by atoms with Gasteiger partial charge in [-0.05, 0) is 12.1 Å². The molecule has 0 amide bonds. The molecule has 0 spiro atoms. The molecule has 3 heterocycles. The van der Waals surface area contributed by atoms with Crippen LogP contribution in [0, 0.1) is 0 Å². The molecule has 0 bridgehead atoms. The van der Waals surface area contributed by atoms with E-state index in [0.29, 0.717) is 13.2 Å². The molecule has 2 aromatic heterocycles. The number of carbonyl (C=O) groups excluding carboxylic acids is 1. The summed E-state index contributed by atoms with van der Waals surface area (Å²) in [5.74, 6) is 0.676. The van der Waals surface area contributed by atoms with Gasteiger partial charge in [-0.1, -0.05) is 6.07 Å². The van der Waals surface area contributed by atoms with Gasteiger partial charge in [-0.3, -0.25) is 4.40 Å². The van der Waals surface area contributed by atoms with Gasteiger partial charge < -0.3 is 14.4 Å². The minimum atomic E-state index is -0.530. The van der Waals surface area contributed by atoms with E-state index in [4.69, 9.17) is 9.47 Å². The Morgan fingerprint density at radius 3 is 3.26 bits per heavy atom. The van der Waals surface area contributed by atoms with Crippen LogP contribution in [0.1, 0.15) is 0 Å². The normalized spacial score (nSPS) is 19.6. The molecule has 0 saturated carbocycles. The summed E-state index contributed by atoms with van der Waals surface area (Å²) in [5.41, 5.74) is 0.888. The molecule has 1 aliphatic heterocycles. The molecule has 6 nitrogen and oxygen atoms in total. The summed E-state index contributed by atoms with van der Waals surface area (Å²) in [5, 5.41) is 0. The smallest absolute Gasteiger partial charge is 0.336 e. The molecule has 3 rings (SSSR count). The van der Waals surface area contributed by atoms with Crippen molar-refractivity contribution < 1.29 is 14.3 Å². The molecule has 0 aromatic carbocycles. The highest BCUT2D eigenvalue weighted by Gasteiger charge is 2.28. The minimum absolute atomic E-state index is 0.331. The van der Waals surface area contributed by atoms with Crippen molar-refractivity contribution in [3.63, 3.8) is 0 Å². The Kier molecular flexibility index (Phi) is 3.08. The van der Waals surface area contributed by atoms with Crippen LogP contribution < -0.4 is 4.90 Å². The number of anilines is 1. The lowest BCUT2D eigenvalue weighted by Gasteiger charge is -2.33. The van der Waals surface area contributed by atoms with Crippen LogP contribution >= 0.6 is 0 Å². The van der Waals surface area contributed by atoms with E-state index in [1.807, 2.05) is 28.8 Å². The lowest BCUT2D eigenvalue weighted by Crippen LogP contribution is -2.47. The summed E-state index contributed by atoms with van der Waals surface area (Å²) in [6.45, 7) is 1.74. The summed E-state index contributed by atoms with van der Waals surface area (Å²) in [6.07, 6.45) is 3.14. The van der Waals surface area contributed by atoms with E-state index in [2.05, 4.69) is 9.88 Å². The second kappa shape index (κ2) is 4.89. The first-order chi connectivity index (χ1) is 9.29. The van der Waals surface area contributed by atoms with Crippen molar-refractivity contribution in [2.24, 2.45) is 0 Å². The Bertz CT molecular complexity index is 596. The number of rotatable bonds is 2. The van der Waals surface area contributed by atoms with Gasteiger partial charge in [0, 0.05) is 18.9 Å². The van der Waals surface area contributed by atoms with Crippen molar-refractivity contribution in [2.45, 2.75) is 6.10 Å². The first-order valence-electron chi connectivity index (χ1n) is 6.16. The Balaban J connectivity index is 1.89. The Morgan fingerprint density at radius 2 is 2.42 bits per heavy atom. The fourth-order valence-corrected chi connectivity index (χ4v) is 2.32. The van der Waals surface area contributed by atoms with E-state index in [0.717, 1.165) is 18.0 Å². The maximum atomic E-state index is 11.6. The van der Waals surface area contributed by atoms with Gasteiger partial charge in [0.2, 0.25) is 0 Å². The van der Waals surface area contributed by atoms with Gasteiger partial charge >= 0.3 is 5.97 Å². The molecular formula is C13H15N3O3. The topological polar surface area (TPSA) is 56.1 Å². The Morgan fingerprint density at radius 1 is 1.53 bits per heavy atom. The van der Waals surface area contributed by atoms with Crippen LogP contribution in [0.15, 0.2) is 30.6 Å². The van der Waals surface area contributed by atoms with Crippen molar-refractivity contribution in [3.05, 3.63) is 30.6 Å². The van der Waals surface area contributed by atoms with Gasteiger partial charge in [0.25, 0.3) is 0 Å². The lowest BCUT2D eigenvalue weighted by atomic mass is 10.2. The third-order valence-electron chi connectivity index (χ3n) is 3.26. The van der Waals surface area contributed by atoms with Crippen LogP contribution in [0.4, 0.5) is 5.82 Å². The maximum absolute atomic E-state index is 11.6. The van der Waals surface area contributed by atoms with Gasteiger partial charge in [-0.15, -0.1) is 0 Å². The molecule has 0 radical (unpaired) electrons. The number of hydrogen-bond donors (Lipinski definition) is 0. The number of ether oxygens (including phenoxy) is 2. The fourth-order valence-electron chi connectivity index (χ4n) is 2.32. The van der Waals surface area contributed by atoms with Gasteiger partial charge in [-0.25, -0.2) is 9.78 Å². The number of pyridine rings is 1. The summed E-state index contributed by atoms with van der Waals surface area (Å²) in [4.78, 5) is 17.9. The number of imidazole rings is 1. The number of fused-ring (bicyclic) bond motifs is 1. The summed E-state index contributed by atoms with van der Waals surface area (Å²) < 4.78 is 12.2. The number of nitrogens with zero attached hydrogens (tertiary/aromatic N) is 3. The Hall–Kier alpha value is -2.08. The standard InChI is InChI=1S/C13H15N3O3/c1-18-13(17)10-9-15(7-8-19-10)12-4-2-3-11-14-5-6-16(11)12/h2-6,10H,7-9H2,1H3. The highest BCUT2D eigenvalue weighted by molar-refractivity contribution is 5.75. The molecule has 100 valence electrons. The number of hydrogen-bond acceptors (Lipinski definition) is 5. The van der Waals surface area contributed by atoms with E-state index in [9.17, 15) is 4.79 Å². The Labute approximate surface area is 110 Å². The van der Waals surface area contributed by atoms with Gasteiger partial charge in [-0.2, -0.15) is 0 Å². The zero-order valence-corrected chi connectivity index (χ0v) is 10.7. The number of esters is 1. The summed E-state index contributed by atoms with van der Waals surface area (Å²) in [6, 6.07) is 5.91. The number of aromatic nitrogens is 2. The molecule has 19 heavy (non-hydrogen) atoms. The van der Waals surface area contributed by atoms with E-state index >= 15 is 0 Å². The predicted octanol–water partition coefficient (Wildman–Crippen LogP) is 0.712. The van der Waals surface area contributed by atoms with E-state index in [-0.39, 0.29) is 5.97 Å². The lowest BCUT2D eigenvalue weighted by molar-refractivity contribution is -0.154. The fraction of sp³-hybridized carbons (Fsp3) is 0.385. The average molecular weight is 261 g/mol. The molecule has 1 unspecified atom stereocenters. The predicted molar refractivity (Wildman–Crippen MR) is 69.2 cm³/mol. The van der Waals surface area contributed by atoms with Crippen molar-refractivity contribution in [3.8, 4) is 0 Å². The largest absolute Gasteiger partial charge is 0.467 e. The van der Waals surface area contributed by atoms with E-state index in [1.54, 1.807) is 6.20 Å².